The maximum atomic E-state index is 14.1. The van der Waals surface area contributed by atoms with Gasteiger partial charge in [0.25, 0.3) is 0 Å². The Labute approximate surface area is 179 Å². The molecular formula is C21H19F7N2O2. The first kappa shape index (κ1) is 25.2. The van der Waals surface area contributed by atoms with Crippen LogP contribution in [-0.4, -0.2) is 30.8 Å². The summed E-state index contributed by atoms with van der Waals surface area (Å²) in [4.78, 5) is 17.9. The van der Waals surface area contributed by atoms with Crippen LogP contribution in [0.1, 0.15) is 39.5 Å². The molecule has 0 radical (unpaired) electrons. The molecule has 0 amide bonds. The van der Waals surface area contributed by atoms with E-state index < -0.39 is 53.0 Å². The van der Waals surface area contributed by atoms with E-state index in [9.17, 15) is 35.5 Å². The van der Waals surface area contributed by atoms with Crippen LogP contribution in [0, 0.1) is 12.7 Å². The van der Waals surface area contributed by atoms with Gasteiger partial charge in [0.1, 0.15) is 12.4 Å². The number of carbonyl (C=O) groups excluding carboxylic acids is 1. The Bertz CT molecular complexity index is 1010. The summed E-state index contributed by atoms with van der Waals surface area (Å²) in [6.07, 6.45) is -8.59. The van der Waals surface area contributed by atoms with Gasteiger partial charge in [0, 0.05) is 19.2 Å². The smallest absolute Gasteiger partial charge is 0.419 e. The van der Waals surface area contributed by atoms with Crippen molar-refractivity contribution in [2.45, 2.75) is 32.8 Å². The van der Waals surface area contributed by atoms with Crippen LogP contribution >= 0.6 is 0 Å². The molecule has 0 spiro atoms. The van der Waals surface area contributed by atoms with Gasteiger partial charge in [-0.1, -0.05) is 12.1 Å². The third-order valence-corrected chi connectivity index (χ3v) is 4.50. The zero-order valence-corrected chi connectivity index (χ0v) is 17.2. The zero-order chi connectivity index (χ0) is 24.3. The zero-order valence-electron chi connectivity index (χ0n) is 17.2. The first-order chi connectivity index (χ1) is 14.8. The van der Waals surface area contributed by atoms with E-state index in [0.717, 1.165) is 18.2 Å². The number of halogens is 7. The summed E-state index contributed by atoms with van der Waals surface area (Å²) in [5.74, 6) is -3.12. The topological polar surface area (TPSA) is 41.9 Å². The fourth-order valence-corrected chi connectivity index (χ4v) is 2.61. The molecule has 2 aromatic carbocycles. The minimum Gasteiger partial charge on any atom is -0.457 e. The van der Waals surface area contributed by atoms with Crippen LogP contribution in [0.5, 0.6) is 0 Å². The maximum absolute atomic E-state index is 14.1. The monoisotopic (exact) mass is 464 g/mol. The number of rotatable bonds is 6. The molecule has 174 valence electrons. The molecule has 0 N–H and O–H groups in total. The quantitative estimate of drug-likeness (QED) is 0.223. The molecule has 0 heterocycles. The van der Waals surface area contributed by atoms with Crippen LogP contribution in [0.15, 0.2) is 35.3 Å². The van der Waals surface area contributed by atoms with E-state index in [4.69, 9.17) is 4.74 Å². The number of ether oxygens (including phenoxy) is 1. The normalized spacial score (nSPS) is 12.3. The van der Waals surface area contributed by atoms with Crippen LogP contribution in [-0.2, 0) is 23.7 Å². The Morgan fingerprint density at radius 3 is 2.28 bits per heavy atom. The first-order valence-electron chi connectivity index (χ1n) is 9.23. The lowest BCUT2D eigenvalue weighted by atomic mass is 10.0. The summed E-state index contributed by atoms with van der Waals surface area (Å²) < 4.78 is 97.8. The molecule has 2 rings (SSSR count). The van der Waals surface area contributed by atoms with E-state index in [1.807, 2.05) is 6.92 Å². The summed E-state index contributed by atoms with van der Waals surface area (Å²) in [5.41, 5.74) is -4.18. The predicted molar refractivity (Wildman–Crippen MR) is 103 cm³/mol. The van der Waals surface area contributed by atoms with Gasteiger partial charge in [-0.15, -0.1) is 0 Å². The molecule has 0 aliphatic carbocycles. The number of alkyl halides is 6. The van der Waals surface area contributed by atoms with E-state index in [1.54, 1.807) is 11.9 Å². The molecular weight excluding hydrogens is 445 g/mol. The Morgan fingerprint density at radius 2 is 1.72 bits per heavy atom. The molecule has 0 bridgehead atoms. The number of hydrogen-bond acceptors (Lipinski definition) is 3. The van der Waals surface area contributed by atoms with Crippen molar-refractivity contribution in [3.8, 4) is 0 Å². The molecule has 0 atom stereocenters. The van der Waals surface area contributed by atoms with Crippen LogP contribution in [0.25, 0.3) is 0 Å². The Balaban J connectivity index is 2.36. The molecule has 0 aromatic heterocycles. The van der Waals surface area contributed by atoms with Crippen LogP contribution in [0.3, 0.4) is 0 Å². The van der Waals surface area contributed by atoms with E-state index >= 15 is 0 Å². The number of carbonyl (C=O) groups is 1. The van der Waals surface area contributed by atoms with Crippen LogP contribution < -0.4 is 0 Å². The van der Waals surface area contributed by atoms with Crippen LogP contribution in [0.2, 0.25) is 0 Å². The van der Waals surface area contributed by atoms with Crippen molar-refractivity contribution in [1.82, 2.24) is 4.90 Å². The van der Waals surface area contributed by atoms with Crippen molar-refractivity contribution in [3.05, 3.63) is 64.0 Å². The molecule has 4 nitrogen and oxygen atoms in total. The Hall–Kier alpha value is -3.11. The van der Waals surface area contributed by atoms with Gasteiger partial charge < -0.3 is 9.64 Å². The van der Waals surface area contributed by atoms with Crippen molar-refractivity contribution in [1.29, 1.82) is 0 Å². The lowest BCUT2D eigenvalue weighted by Crippen LogP contribution is -2.17. The number of esters is 1. The third-order valence-electron chi connectivity index (χ3n) is 4.50. The molecule has 0 fully saturated rings. The van der Waals surface area contributed by atoms with Crippen molar-refractivity contribution < 1.29 is 40.3 Å². The second-order valence-electron chi connectivity index (χ2n) is 6.85. The number of nitrogens with zero attached hydrogens (tertiary/aromatic N) is 2. The number of aryl methyl sites for hydroxylation is 1. The molecule has 11 heteroatoms. The fourth-order valence-electron chi connectivity index (χ4n) is 2.61. The van der Waals surface area contributed by atoms with Gasteiger partial charge in [0.05, 0.1) is 28.7 Å². The fraction of sp³-hybridized carbons (Fsp3) is 0.333. The summed E-state index contributed by atoms with van der Waals surface area (Å²) in [7, 11) is 1.67. The highest BCUT2D eigenvalue weighted by Gasteiger charge is 2.37. The number of hydrogen-bond donors (Lipinski definition) is 0. The minimum atomic E-state index is -4.98. The average molecular weight is 464 g/mol. The Kier molecular flexibility index (Phi) is 7.53. The van der Waals surface area contributed by atoms with Gasteiger partial charge in [0.2, 0.25) is 0 Å². The second kappa shape index (κ2) is 9.58. The van der Waals surface area contributed by atoms with Crippen molar-refractivity contribution >= 4 is 18.0 Å². The number of aliphatic imine (C=N–C) groups is 1. The largest absolute Gasteiger partial charge is 0.457 e. The highest BCUT2D eigenvalue weighted by Crippen LogP contribution is 2.37. The summed E-state index contributed by atoms with van der Waals surface area (Å²) in [6, 6.07) is 3.94. The maximum Gasteiger partial charge on any atom is 0.419 e. The predicted octanol–water partition coefficient (Wildman–Crippen LogP) is 6.14. The molecule has 2 aromatic rings. The van der Waals surface area contributed by atoms with Crippen molar-refractivity contribution in [3.63, 3.8) is 0 Å². The minimum absolute atomic E-state index is 0.0295. The summed E-state index contributed by atoms with van der Waals surface area (Å²) in [5, 5.41) is 0. The molecule has 0 saturated heterocycles. The Morgan fingerprint density at radius 1 is 1.09 bits per heavy atom. The van der Waals surface area contributed by atoms with Gasteiger partial charge in [-0.3, -0.25) is 0 Å². The van der Waals surface area contributed by atoms with E-state index in [1.165, 1.54) is 13.3 Å². The SMILES string of the molecule is CCN(C)/C=N/c1cc(C(F)(F)F)c(C(=O)OCc2cccc(C(F)(F)F)c2F)cc1C. The van der Waals surface area contributed by atoms with Gasteiger partial charge in [-0.25, -0.2) is 14.2 Å². The van der Waals surface area contributed by atoms with Crippen molar-refractivity contribution in [2.24, 2.45) is 4.99 Å². The van der Waals surface area contributed by atoms with Gasteiger partial charge in [0.15, 0.2) is 0 Å². The first-order valence-corrected chi connectivity index (χ1v) is 9.23. The standard InChI is InChI=1S/C21H19F7N2O2/c1-4-30(3)11-29-17-9-16(21(26,27)28)14(8-12(17)2)19(31)32-10-13-6-5-7-15(18(13)22)20(23,24)25/h5-9,11H,4,10H2,1-3H3/b29-11+. The van der Waals surface area contributed by atoms with E-state index in [2.05, 4.69) is 4.99 Å². The molecule has 0 saturated carbocycles. The molecule has 0 unspecified atom stereocenters. The highest BCUT2D eigenvalue weighted by atomic mass is 19.4. The van der Waals surface area contributed by atoms with Gasteiger partial charge in [-0.2, -0.15) is 26.3 Å². The second-order valence-corrected chi connectivity index (χ2v) is 6.85. The van der Waals surface area contributed by atoms with Gasteiger partial charge in [-0.05, 0) is 37.6 Å². The lowest BCUT2D eigenvalue weighted by molar-refractivity contribution is -0.140. The molecule has 0 aliphatic heterocycles. The summed E-state index contributed by atoms with van der Waals surface area (Å²) >= 11 is 0. The molecule has 0 aliphatic rings. The van der Waals surface area contributed by atoms with E-state index in [0.29, 0.717) is 18.7 Å². The molecule has 32 heavy (non-hydrogen) atoms. The average Bonchev–Trinajstić information content (AvgIpc) is 2.69. The summed E-state index contributed by atoms with van der Waals surface area (Å²) in [6.45, 7) is 2.83. The van der Waals surface area contributed by atoms with Gasteiger partial charge >= 0.3 is 18.3 Å². The number of benzene rings is 2. The third kappa shape index (κ3) is 5.98. The lowest BCUT2D eigenvalue weighted by Gasteiger charge is -2.16. The highest BCUT2D eigenvalue weighted by molar-refractivity contribution is 5.92. The van der Waals surface area contributed by atoms with Crippen molar-refractivity contribution in [2.75, 3.05) is 13.6 Å². The van der Waals surface area contributed by atoms with Crippen LogP contribution in [0.4, 0.5) is 36.4 Å². The van der Waals surface area contributed by atoms with E-state index in [-0.39, 0.29) is 11.3 Å².